The molecule has 0 unspecified atom stereocenters. The minimum Gasteiger partial charge on any atom is -0.457 e. The van der Waals surface area contributed by atoms with Crippen LogP contribution < -0.4 is 0 Å². The van der Waals surface area contributed by atoms with E-state index >= 15 is 0 Å². The first kappa shape index (κ1) is 22.6. The average molecular weight is 583 g/mol. The maximum Gasteiger partial charge on any atom is 0.416 e. The van der Waals surface area contributed by atoms with Gasteiger partial charge in [-0.25, -0.2) is 4.98 Å². The fourth-order valence-corrected chi connectivity index (χ4v) is 4.27. The minimum atomic E-state index is -4.50. The van der Waals surface area contributed by atoms with Gasteiger partial charge in [0.2, 0.25) is 0 Å². The van der Waals surface area contributed by atoms with Crippen molar-refractivity contribution in [2.75, 3.05) is 0 Å². The van der Waals surface area contributed by atoms with Gasteiger partial charge >= 0.3 is 6.18 Å². The Labute approximate surface area is 203 Å². The van der Waals surface area contributed by atoms with Gasteiger partial charge in [-0.3, -0.25) is 0 Å². The van der Waals surface area contributed by atoms with Crippen molar-refractivity contribution in [2.45, 2.75) is 6.18 Å². The van der Waals surface area contributed by atoms with Crippen molar-refractivity contribution in [2.24, 2.45) is 0 Å². The highest BCUT2D eigenvalue weighted by Crippen LogP contribution is 2.37. The van der Waals surface area contributed by atoms with E-state index in [9.17, 15) is 18.4 Å². The van der Waals surface area contributed by atoms with Crippen molar-refractivity contribution >= 4 is 57.2 Å². The van der Waals surface area contributed by atoms with E-state index in [0.29, 0.717) is 10.8 Å². The van der Waals surface area contributed by atoms with E-state index < -0.39 is 11.7 Å². The van der Waals surface area contributed by atoms with Gasteiger partial charge < -0.3 is 4.42 Å². The molecule has 3 nitrogen and oxygen atoms in total. The van der Waals surface area contributed by atoms with Crippen LogP contribution in [-0.2, 0) is 6.18 Å². The second kappa shape index (κ2) is 9.10. The molecule has 0 aliphatic rings. The van der Waals surface area contributed by atoms with E-state index in [1.807, 2.05) is 29.6 Å². The quantitative estimate of drug-likeness (QED) is 0.179. The molecular weight excluding hydrogens is 572 g/mol. The summed E-state index contributed by atoms with van der Waals surface area (Å²) in [5.41, 5.74) is 1.26. The molecule has 0 aliphatic heterocycles. The van der Waals surface area contributed by atoms with Crippen molar-refractivity contribution in [1.82, 2.24) is 4.98 Å². The monoisotopic (exact) mass is 582 g/mol. The Morgan fingerprint density at radius 3 is 2.56 bits per heavy atom. The third kappa shape index (κ3) is 4.90. The molecule has 0 bridgehead atoms. The van der Waals surface area contributed by atoms with Crippen LogP contribution in [0.4, 0.5) is 13.2 Å². The van der Waals surface area contributed by atoms with Crippen LogP contribution in [0.15, 0.2) is 64.4 Å². The SMILES string of the molecule is N#CC(=Cc1ccc(-c2cc(C(F)(F)F)ccc2Cl)o1)c1nc(-c2ccc(I)cc2)cs1. The lowest BCUT2D eigenvalue weighted by molar-refractivity contribution is -0.137. The van der Waals surface area contributed by atoms with Gasteiger partial charge in [-0.1, -0.05) is 23.7 Å². The van der Waals surface area contributed by atoms with Crippen LogP contribution in [0.3, 0.4) is 0 Å². The van der Waals surface area contributed by atoms with E-state index in [0.717, 1.165) is 27.0 Å². The van der Waals surface area contributed by atoms with Crippen LogP contribution in [0.5, 0.6) is 0 Å². The Morgan fingerprint density at radius 1 is 1.12 bits per heavy atom. The summed E-state index contributed by atoms with van der Waals surface area (Å²) in [6.45, 7) is 0. The first-order valence-electron chi connectivity index (χ1n) is 9.05. The zero-order chi connectivity index (χ0) is 22.9. The molecule has 2 aromatic heterocycles. The van der Waals surface area contributed by atoms with Gasteiger partial charge in [0, 0.05) is 26.2 Å². The van der Waals surface area contributed by atoms with Crippen molar-refractivity contribution < 1.29 is 17.6 Å². The highest BCUT2D eigenvalue weighted by atomic mass is 127. The lowest BCUT2D eigenvalue weighted by Crippen LogP contribution is -2.04. The Bertz CT molecular complexity index is 1350. The van der Waals surface area contributed by atoms with E-state index in [4.69, 9.17) is 16.0 Å². The van der Waals surface area contributed by atoms with Crippen LogP contribution in [0.25, 0.3) is 34.2 Å². The molecule has 0 radical (unpaired) electrons. The predicted molar refractivity (Wildman–Crippen MR) is 128 cm³/mol. The number of nitriles is 1. The fourth-order valence-electron chi connectivity index (χ4n) is 2.90. The largest absolute Gasteiger partial charge is 0.457 e. The molecule has 0 saturated heterocycles. The third-order valence-electron chi connectivity index (χ3n) is 4.47. The minimum absolute atomic E-state index is 0.120. The van der Waals surface area contributed by atoms with Gasteiger partial charge in [0.05, 0.1) is 21.9 Å². The summed E-state index contributed by atoms with van der Waals surface area (Å²) in [7, 11) is 0. The number of allylic oxidation sites excluding steroid dienone is 1. The number of benzene rings is 2. The second-order valence-corrected chi connectivity index (χ2v) is 9.12. The normalized spacial score (nSPS) is 12.1. The van der Waals surface area contributed by atoms with Gasteiger partial charge in [0.25, 0.3) is 0 Å². The average Bonchev–Trinajstić information content (AvgIpc) is 3.42. The summed E-state index contributed by atoms with van der Waals surface area (Å²) < 4.78 is 45.9. The molecule has 4 rings (SSSR count). The van der Waals surface area contributed by atoms with Gasteiger partial charge in [-0.15, -0.1) is 11.3 Å². The zero-order valence-electron chi connectivity index (χ0n) is 16.0. The number of hydrogen-bond donors (Lipinski definition) is 0. The number of hydrogen-bond acceptors (Lipinski definition) is 4. The van der Waals surface area contributed by atoms with Crippen molar-refractivity contribution in [1.29, 1.82) is 5.26 Å². The molecule has 0 atom stereocenters. The second-order valence-electron chi connectivity index (χ2n) is 6.61. The van der Waals surface area contributed by atoms with Crippen LogP contribution in [0, 0.1) is 14.9 Å². The summed E-state index contributed by atoms with van der Waals surface area (Å²) in [6.07, 6.45) is -3.00. The molecule has 9 heteroatoms. The molecular formula is C23H11ClF3IN2OS. The summed E-state index contributed by atoms with van der Waals surface area (Å²) in [5.74, 6) is 0.472. The molecule has 32 heavy (non-hydrogen) atoms. The van der Waals surface area contributed by atoms with Gasteiger partial charge in [-0.05, 0) is 65.1 Å². The smallest absolute Gasteiger partial charge is 0.416 e. The highest BCUT2D eigenvalue weighted by Gasteiger charge is 2.31. The van der Waals surface area contributed by atoms with Crippen molar-refractivity contribution in [3.05, 3.63) is 84.9 Å². The van der Waals surface area contributed by atoms with Crippen LogP contribution >= 0.6 is 45.5 Å². The summed E-state index contributed by atoms with van der Waals surface area (Å²) >= 11 is 9.62. The van der Waals surface area contributed by atoms with Gasteiger partial charge in [-0.2, -0.15) is 18.4 Å². The molecule has 2 aromatic carbocycles. The number of thiazole rings is 1. The predicted octanol–water partition coefficient (Wildman–Crippen LogP) is 8.41. The van der Waals surface area contributed by atoms with Crippen LogP contribution in [0.1, 0.15) is 16.3 Å². The summed E-state index contributed by atoms with van der Waals surface area (Å²) in [6, 6.07) is 16.1. The Balaban J connectivity index is 1.64. The molecule has 0 amide bonds. The third-order valence-corrected chi connectivity index (χ3v) is 6.39. The number of nitrogens with zero attached hydrogens (tertiary/aromatic N) is 2. The lowest BCUT2D eigenvalue weighted by Gasteiger charge is -2.09. The summed E-state index contributed by atoms with van der Waals surface area (Å²) in [5, 5.41) is 12.1. The highest BCUT2D eigenvalue weighted by molar-refractivity contribution is 14.1. The molecule has 0 fully saturated rings. The fraction of sp³-hybridized carbons (Fsp3) is 0.0435. The van der Waals surface area contributed by atoms with Crippen LogP contribution in [-0.4, -0.2) is 4.98 Å². The molecule has 0 N–H and O–H groups in total. The van der Waals surface area contributed by atoms with E-state index in [-0.39, 0.29) is 21.9 Å². The number of halogens is 5. The maximum absolute atomic E-state index is 13.0. The van der Waals surface area contributed by atoms with Gasteiger partial charge in [0.15, 0.2) is 0 Å². The first-order chi connectivity index (χ1) is 15.2. The number of rotatable bonds is 4. The topological polar surface area (TPSA) is 49.8 Å². The standard InChI is InChI=1S/C23H11ClF3IN2OS/c24-19-7-3-15(23(25,26)27)10-18(19)21-8-6-17(31-21)9-14(11-29)22-30-20(12-32-22)13-1-4-16(28)5-2-13/h1-10,12H. The molecule has 160 valence electrons. The molecule has 4 aromatic rings. The molecule has 2 heterocycles. The van der Waals surface area contributed by atoms with Gasteiger partial charge in [0.1, 0.15) is 22.6 Å². The number of alkyl halides is 3. The van der Waals surface area contributed by atoms with E-state index in [1.165, 1.54) is 29.5 Å². The Morgan fingerprint density at radius 2 is 1.88 bits per heavy atom. The molecule has 0 aliphatic carbocycles. The Hall–Kier alpha value is -2.61. The maximum atomic E-state index is 13.0. The van der Waals surface area contributed by atoms with Crippen LogP contribution in [0.2, 0.25) is 5.02 Å². The summed E-state index contributed by atoms with van der Waals surface area (Å²) in [4.78, 5) is 4.53. The molecule has 0 saturated carbocycles. The molecule has 0 spiro atoms. The van der Waals surface area contributed by atoms with Crippen molar-refractivity contribution in [3.8, 4) is 28.7 Å². The zero-order valence-corrected chi connectivity index (χ0v) is 19.7. The van der Waals surface area contributed by atoms with Crippen molar-refractivity contribution in [3.63, 3.8) is 0 Å². The number of furan rings is 1. The first-order valence-corrected chi connectivity index (χ1v) is 11.4. The van der Waals surface area contributed by atoms with E-state index in [1.54, 1.807) is 6.07 Å². The van der Waals surface area contributed by atoms with E-state index in [2.05, 4.69) is 33.6 Å². The lowest BCUT2D eigenvalue weighted by atomic mass is 10.1. The number of aromatic nitrogens is 1. The Kier molecular flexibility index (Phi) is 6.42.